The number of ether oxygens (including phenoxy) is 2. The Morgan fingerprint density at radius 2 is 2.03 bits per heavy atom. The zero-order chi connectivity index (χ0) is 26.4. The number of aromatic amines is 1. The minimum Gasteiger partial charge on any atom is -0.493 e. The van der Waals surface area contributed by atoms with E-state index in [0.29, 0.717) is 23.5 Å². The van der Waals surface area contributed by atoms with Crippen LogP contribution in [0.5, 0.6) is 5.75 Å². The number of pyridine rings is 1. The minimum absolute atomic E-state index is 0.241. The average molecular weight is 537 g/mol. The molecule has 10 nitrogen and oxygen atoms in total. The fraction of sp³-hybridized carbons (Fsp3) is 0.556. The molecule has 0 amide bonds. The maximum atomic E-state index is 5.60. The van der Waals surface area contributed by atoms with Gasteiger partial charge in [-0.05, 0) is 38.7 Å². The second kappa shape index (κ2) is 10.3. The maximum Gasteiger partial charge on any atom is 0.197 e. The molecule has 0 aliphatic carbocycles. The molecular weight excluding hydrogens is 500 g/mol. The molecule has 0 bridgehead atoms. The molecule has 4 aromatic heterocycles. The van der Waals surface area contributed by atoms with E-state index in [-0.39, 0.29) is 5.92 Å². The van der Waals surface area contributed by atoms with Crippen LogP contribution in [0.1, 0.15) is 50.8 Å². The van der Waals surface area contributed by atoms with Gasteiger partial charge in [0.05, 0.1) is 24.2 Å². The molecule has 2 fully saturated rings. The highest BCUT2D eigenvalue weighted by Crippen LogP contribution is 2.41. The quantitative estimate of drug-likeness (QED) is 0.388. The summed E-state index contributed by atoms with van der Waals surface area (Å²) in [4.78, 5) is 14.6. The topological polar surface area (TPSA) is 96.7 Å². The molecule has 1 unspecified atom stereocenters. The molecule has 0 radical (unpaired) electrons. The summed E-state index contributed by atoms with van der Waals surface area (Å²) in [5.41, 5.74) is 5.71. The van der Waals surface area contributed by atoms with Crippen molar-refractivity contribution in [3.63, 3.8) is 0 Å². The van der Waals surface area contributed by atoms with Crippen LogP contribution in [-0.4, -0.2) is 86.7 Å². The van der Waals surface area contributed by atoms with E-state index in [0.717, 1.165) is 78.9 Å². The SMILES string of the molecule is COc1cc(-c2n[nH]c(-c3nc(C)c(N4CCN(C5CCOCC5)CC4C)s3)c2C(C)C)cn2ncnc12. The highest BCUT2D eigenvalue weighted by molar-refractivity contribution is 7.19. The molecule has 1 atom stereocenters. The second-order valence-electron chi connectivity index (χ2n) is 10.6. The van der Waals surface area contributed by atoms with Crippen LogP contribution in [-0.2, 0) is 4.74 Å². The van der Waals surface area contributed by atoms with Crippen molar-refractivity contribution in [2.24, 2.45) is 0 Å². The fourth-order valence-corrected chi connectivity index (χ4v) is 7.11. The van der Waals surface area contributed by atoms with E-state index in [9.17, 15) is 0 Å². The number of nitrogens with zero attached hydrogens (tertiary/aromatic N) is 7. The highest BCUT2D eigenvalue weighted by atomic mass is 32.1. The van der Waals surface area contributed by atoms with Crippen LogP contribution in [0.25, 0.3) is 27.6 Å². The molecule has 1 N–H and O–H groups in total. The van der Waals surface area contributed by atoms with Gasteiger partial charge in [-0.3, -0.25) is 10.00 Å². The van der Waals surface area contributed by atoms with Crippen molar-refractivity contribution in [1.82, 2.24) is 34.7 Å². The van der Waals surface area contributed by atoms with E-state index < -0.39 is 0 Å². The number of hydrogen-bond donors (Lipinski definition) is 1. The van der Waals surface area contributed by atoms with Gasteiger partial charge in [0.15, 0.2) is 11.4 Å². The summed E-state index contributed by atoms with van der Waals surface area (Å²) >= 11 is 1.76. The number of rotatable bonds is 6. The van der Waals surface area contributed by atoms with Crippen molar-refractivity contribution in [2.45, 2.75) is 58.5 Å². The first-order valence-electron chi connectivity index (χ1n) is 13.5. The fourth-order valence-electron chi connectivity index (χ4n) is 5.90. The number of anilines is 1. The summed E-state index contributed by atoms with van der Waals surface area (Å²) in [6, 6.07) is 3.06. The Kier molecular flexibility index (Phi) is 6.83. The number of fused-ring (bicyclic) bond motifs is 1. The molecule has 2 saturated heterocycles. The van der Waals surface area contributed by atoms with Crippen molar-refractivity contribution in [1.29, 1.82) is 0 Å². The van der Waals surface area contributed by atoms with Gasteiger partial charge in [-0.1, -0.05) is 25.2 Å². The molecule has 202 valence electrons. The lowest BCUT2D eigenvalue weighted by Crippen LogP contribution is -2.55. The lowest BCUT2D eigenvalue weighted by molar-refractivity contribution is 0.0280. The van der Waals surface area contributed by atoms with Crippen LogP contribution in [0.15, 0.2) is 18.6 Å². The van der Waals surface area contributed by atoms with Crippen LogP contribution < -0.4 is 9.64 Å². The Balaban J connectivity index is 1.30. The molecule has 0 aromatic carbocycles. The standard InChI is InChI=1S/C27H36N8O2S/c1-16(2)22-23(19-12-21(36-5)25-28-15-29-35(25)14-19)31-32-24(22)26-30-18(4)27(38-26)34-9-8-33(13-17(34)3)20-6-10-37-11-7-20/h12,14-17,20H,6-11,13H2,1-5H3,(H,31,32). The van der Waals surface area contributed by atoms with E-state index in [1.165, 1.54) is 11.3 Å². The van der Waals surface area contributed by atoms with Crippen LogP contribution in [0, 0.1) is 6.92 Å². The Bertz CT molecular complexity index is 1420. The molecular formula is C27H36N8O2S. The van der Waals surface area contributed by atoms with E-state index in [1.54, 1.807) is 23.0 Å². The summed E-state index contributed by atoms with van der Waals surface area (Å²) in [6.07, 6.45) is 5.78. The van der Waals surface area contributed by atoms with E-state index in [2.05, 4.69) is 52.7 Å². The third kappa shape index (κ3) is 4.46. The highest BCUT2D eigenvalue weighted by Gasteiger charge is 2.32. The molecule has 11 heteroatoms. The lowest BCUT2D eigenvalue weighted by Gasteiger charge is -2.44. The normalized spacial score (nSPS) is 19.6. The van der Waals surface area contributed by atoms with Gasteiger partial charge in [-0.15, -0.1) is 0 Å². The van der Waals surface area contributed by atoms with Crippen LogP contribution in [0.2, 0.25) is 0 Å². The number of nitrogens with one attached hydrogen (secondary N) is 1. The zero-order valence-electron chi connectivity index (χ0n) is 22.8. The van der Waals surface area contributed by atoms with E-state index in [4.69, 9.17) is 19.6 Å². The van der Waals surface area contributed by atoms with Crippen LogP contribution in [0.4, 0.5) is 5.00 Å². The Hall–Kier alpha value is -3.02. The number of thiazole rings is 1. The van der Waals surface area contributed by atoms with Crippen molar-refractivity contribution >= 4 is 22.0 Å². The monoisotopic (exact) mass is 536 g/mol. The second-order valence-corrected chi connectivity index (χ2v) is 11.6. The lowest BCUT2D eigenvalue weighted by atomic mass is 9.97. The Labute approximate surface area is 227 Å². The number of H-pyrrole nitrogens is 1. The third-order valence-electron chi connectivity index (χ3n) is 7.83. The van der Waals surface area contributed by atoms with Crippen LogP contribution in [0.3, 0.4) is 0 Å². The van der Waals surface area contributed by atoms with E-state index >= 15 is 0 Å². The molecule has 6 rings (SSSR count). The summed E-state index contributed by atoms with van der Waals surface area (Å²) in [7, 11) is 1.65. The first-order chi connectivity index (χ1) is 18.4. The van der Waals surface area contributed by atoms with E-state index in [1.807, 2.05) is 12.3 Å². The molecule has 2 aliphatic heterocycles. The number of aromatic nitrogens is 6. The maximum absolute atomic E-state index is 5.60. The number of aryl methyl sites for hydroxylation is 1. The zero-order valence-corrected chi connectivity index (χ0v) is 23.6. The first-order valence-corrected chi connectivity index (χ1v) is 14.3. The number of piperazine rings is 1. The molecule has 6 heterocycles. The van der Waals surface area contributed by atoms with Gasteiger partial charge >= 0.3 is 0 Å². The molecule has 4 aromatic rings. The van der Waals surface area contributed by atoms with Gasteiger partial charge in [-0.25, -0.2) is 14.5 Å². The minimum atomic E-state index is 0.241. The van der Waals surface area contributed by atoms with Gasteiger partial charge in [-0.2, -0.15) is 10.2 Å². The summed E-state index contributed by atoms with van der Waals surface area (Å²) in [6.45, 7) is 13.8. The third-order valence-corrected chi connectivity index (χ3v) is 9.04. The number of hydrogen-bond acceptors (Lipinski definition) is 9. The molecule has 0 saturated carbocycles. The van der Waals surface area contributed by atoms with Gasteiger partial charge in [0.25, 0.3) is 0 Å². The largest absolute Gasteiger partial charge is 0.493 e. The molecule has 2 aliphatic rings. The smallest absolute Gasteiger partial charge is 0.197 e. The van der Waals surface area contributed by atoms with Gasteiger partial charge < -0.3 is 14.4 Å². The van der Waals surface area contributed by atoms with Crippen LogP contribution >= 0.6 is 11.3 Å². The first kappa shape index (κ1) is 25.3. The van der Waals surface area contributed by atoms with Crippen molar-refractivity contribution in [2.75, 3.05) is 44.9 Å². The van der Waals surface area contributed by atoms with Crippen molar-refractivity contribution in [3.8, 4) is 27.7 Å². The summed E-state index contributed by atoms with van der Waals surface area (Å²) < 4.78 is 12.9. The van der Waals surface area contributed by atoms with Gasteiger partial charge in [0.2, 0.25) is 0 Å². The Morgan fingerprint density at radius 1 is 1.21 bits per heavy atom. The van der Waals surface area contributed by atoms with Crippen molar-refractivity contribution < 1.29 is 9.47 Å². The Morgan fingerprint density at radius 3 is 2.76 bits per heavy atom. The predicted octanol–water partition coefficient (Wildman–Crippen LogP) is 4.37. The van der Waals surface area contributed by atoms with Gasteiger partial charge in [0.1, 0.15) is 16.3 Å². The molecule has 0 spiro atoms. The average Bonchev–Trinajstić information content (AvgIpc) is 3.66. The number of methoxy groups -OCH3 is 1. The van der Waals surface area contributed by atoms with Crippen molar-refractivity contribution in [3.05, 3.63) is 29.8 Å². The van der Waals surface area contributed by atoms with Gasteiger partial charge in [0, 0.05) is 62.3 Å². The molecule has 38 heavy (non-hydrogen) atoms. The summed E-state index contributed by atoms with van der Waals surface area (Å²) in [5, 5.41) is 14.7. The summed E-state index contributed by atoms with van der Waals surface area (Å²) in [5.74, 6) is 0.909. The predicted molar refractivity (Wildman–Crippen MR) is 149 cm³/mol.